The van der Waals surface area contributed by atoms with Gasteiger partial charge < -0.3 is 0 Å². The Labute approximate surface area is 150 Å². The van der Waals surface area contributed by atoms with E-state index in [1.165, 1.54) is 10.7 Å². The molecule has 0 spiro atoms. The van der Waals surface area contributed by atoms with Crippen LogP contribution in [0.1, 0.15) is 43.4 Å². The van der Waals surface area contributed by atoms with E-state index in [0.29, 0.717) is 6.54 Å². The van der Waals surface area contributed by atoms with Gasteiger partial charge in [-0.1, -0.05) is 49.6 Å². The number of aromatic nitrogens is 2. The monoisotopic (exact) mass is 362 g/mol. The molecule has 0 saturated heterocycles. The third-order valence-electron chi connectivity index (χ3n) is 4.79. The van der Waals surface area contributed by atoms with Crippen molar-refractivity contribution in [3.8, 4) is 0 Å². The van der Waals surface area contributed by atoms with Gasteiger partial charge in [-0.25, -0.2) is 0 Å². The van der Waals surface area contributed by atoms with E-state index in [4.69, 9.17) is 0 Å². The zero-order valence-corrected chi connectivity index (χ0v) is 15.5. The normalized spacial score (nSPS) is 16.4. The van der Waals surface area contributed by atoms with Crippen LogP contribution in [0.25, 0.3) is 0 Å². The third kappa shape index (κ3) is 4.90. The molecule has 1 aliphatic carbocycles. The second-order valence-corrected chi connectivity index (χ2v) is 8.44. The molecule has 7 heteroatoms. The quantitative estimate of drug-likeness (QED) is 0.823. The minimum atomic E-state index is -3.47. The maximum atomic E-state index is 12.5. The molecule has 0 amide bonds. The van der Waals surface area contributed by atoms with Gasteiger partial charge in [0.2, 0.25) is 0 Å². The van der Waals surface area contributed by atoms with E-state index in [2.05, 4.69) is 9.82 Å². The highest BCUT2D eigenvalue weighted by atomic mass is 32.2. The van der Waals surface area contributed by atoms with Gasteiger partial charge >= 0.3 is 0 Å². The number of nitrogens with zero attached hydrogens (tertiary/aromatic N) is 3. The van der Waals surface area contributed by atoms with Crippen LogP contribution >= 0.6 is 0 Å². The van der Waals surface area contributed by atoms with Crippen LogP contribution in [0.4, 0.5) is 0 Å². The van der Waals surface area contributed by atoms with Crippen LogP contribution in [0.3, 0.4) is 0 Å². The summed E-state index contributed by atoms with van der Waals surface area (Å²) in [5.74, 6) is 0. The first kappa shape index (κ1) is 18.1. The van der Waals surface area contributed by atoms with Gasteiger partial charge in [0, 0.05) is 19.3 Å². The fourth-order valence-corrected chi connectivity index (χ4v) is 4.40. The minimum absolute atomic E-state index is 0.113. The lowest BCUT2D eigenvalue weighted by Crippen LogP contribution is -2.44. The zero-order valence-electron chi connectivity index (χ0n) is 14.6. The molecule has 3 rings (SSSR count). The van der Waals surface area contributed by atoms with Gasteiger partial charge in [-0.15, -0.1) is 0 Å². The molecule has 1 aromatic carbocycles. The van der Waals surface area contributed by atoms with Crippen molar-refractivity contribution in [2.75, 3.05) is 7.05 Å². The summed E-state index contributed by atoms with van der Waals surface area (Å²) in [4.78, 5) is 0. The summed E-state index contributed by atoms with van der Waals surface area (Å²) in [5, 5.41) is 4.45. The lowest BCUT2D eigenvalue weighted by Gasteiger charge is -2.30. The number of nitrogens with one attached hydrogen (secondary N) is 1. The molecule has 0 atom stereocenters. The topological polar surface area (TPSA) is 67.2 Å². The molecule has 1 fully saturated rings. The lowest BCUT2D eigenvalue weighted by molar-refractivity contribution is 0.283. The smallest absolute Gasteiger partial charge is 0.268 e. The second-order valence-electron chi connectivity index (χ2n) is 6.62. The summed E-state index contributed by atoms with van der Waals surface area (Å²) in [5.41, 5.74) is 1.88. The highest BCUT2D eigenvalue weighted by Crippen LogP contribution is 2.23. The standard InChI is InChI=1S/C18H26N4O2S/c1-21(18-10-6-3-7-11-18)25(23,24)19-14-17-12-13-22(20-17)15-16-8-4-2-5-9-16/h2,4-5,8-9,12-13,18-19H,3,6-7,10-11,14-15H2,1H3. The summed E-state index contributed by atoms with van der Waals surface area (Å²) >= 11 is 0. The van der Waals surface area contributed by atoms with E-state index in [-0.39, 0.29) is 12.6 Å². The van der Waals surface area contributed by atoms with Crippen molar-refractivity contribution in [3.63, 3.8) is 0 Å². The van der Waals surface area contributed by atoms with E-state index in [1.807, 2.05) is 47.3 Å². The molecule has 136 valence electrons. The largest absolute Gasteiger partial charge is 0.279 e. The van der Waals surface area contributed by atoms with Crippen LogP contribution in [0.2, 0.25) is 0 Å². The molecule has 1 aliphatic rings. The van der Waals surface area contributed by atoms with Crippen LogP contribution in [-0.2, 0) is 23.3 Å². The molecule has 6 nitrogen and oxygen atoms in total. The van der Waals surface area contributed by atoms with Crippen molar-refractivity contribution in [1.29, 1.82) is 0 Å². The first-order valence-corrected chi connectivity index (χ1v) is 10.3. The van der Waals surface area contributed by atoms with Crippen LogP contribution in [0, 0.1) is 0 Å². The Bertz CT molecular complexity index is 767. The van der Waals surface area contributed by atoms with Gasteiger partial charge in [-0.3, -0.25) is 4.68 Å². The molecule has 1 saturated carbocycles. The molecular formula is C18H26N4O2S. The first-order chi connectivity index (χ1) is 12.0. The van der Waals surface area contributed by atoms with E-state index in [1.54, 1.807) is 7.05 Å². The third-order valence-corrected chi connectivity index (χ3v) is 6.35. The maximum Gasteiger partial charge on any atom is 0.279 e. The molecule has 0 bridgehead atoms. The van der Waals surface area contributed by atoms with Crippen molar-refractivity contribution >= 4 is 10.2 Å². The maximum absolute atomic E-state index is 12.5. The molecule has 0 radical (unpaired) electrons. The highest BCUT2D eigenvalue weighted by molar-refractivity contribution is 7.87. The van der Waals surface area contributed by atoms with Gasteiger partial charge in [0.25, 0.3) is 10.2 Å². The molecule has 25 heavy (non-hydrogen) atoms. The number of hydrogen-bond acceptors (Lipinski definition) is 3. The van der Waals surface area contributed by atoms with Gasteiger partial charge in [0.15, 0.2) is 0 Å². The minimum Gasteiger partial charge on any atom is -0.268 e. The predicted molar refractivity (Wildman–Crippen MR) is 98.2 cm³/mol. The van der Waals surface area contributed by atoms with E-state index >= 15 is 0 Å². The van der Waals surface area contributed by atoms with Crippen molar-refractivity contribution < 1.29 is 8.42 Å². The second kappa shape index (κ2) is 8.12. The van der Waals surface area contributed by atoms with Crippen molar-refractivity contribution in [2.45, 2.75) is 51.2 Å². The Kier molecular flexibility index (Phi) is 5.88. The van der Waals surface area contributed by atoms with E-state index in [9.17, 15) is 8.42 Å². The molecule has 2 aromatic rings. The Morgan fingerprint density at radius 1 is 1.16 bits per heavy atom. The Morgan fingerprint density at radius 3 is 2.60 bits per heavy atom. The SMILES string of the molecule is CN(C1CCCCC1)S(=O)(=O)NCc1ccn(Cc2ccccc2)n1. The van der Waals surface area contributed by atoms with Gasteiger partial charge in [0.05, 0.1) is 18.8 Å². The van der Waals surface area contributed by atoms with E-state index < -0.39 is 10.2 Å². The fraction of sp³-hybridized carbons (Fsp3) is 0.500. The summed E-state index contributed by atoms with van der Waals surface area (Å²) in [6.07, 6.45) is 7.19. The Hall–Kier alpha value is -1.70. The average molecular weight is 362 g/mol. The van der Waals surface area contributed by atoms with E-state index in [0.717, 1.165) is 36.9 Å². The van der Waals surface area contributed by atoms with Gasteiger partial charge in [-0.2, -0.15) is 22.5 Å². The highest BCUT2D eigenvalue weighted by Gasteiger charge is 2.27. The Morgan fingerprint density at radius 2 is 1.88 bits per heavy atom. The van der Waals surface area contributed by atoms with Gasteiger partial charge in [0.1, 0.15) is 0 Å². The number of benzene rings is 1. The molecule has 0 unspecified atom stereocenters. The number of rotatable bonds is 7. The van der Waals surface area contributed by atoms with Crippen LogP contribution in [0.5, 0.6) is 0 Å². The van der Waals surface area contributed by atoms with Crippen molar-refractivity contribution in [3.05, 3.63) is 53.9 Å². The summed E-state index contributed by atoms with van der Waals surface area (Å²) < 4.78 is 31.0. The first-order valence-electron chi connectivity index (χ1n) is 8.83. The number of hydrogen-bond donors (Lipinski definition) is 1. The molecule has 1 heterocycles. The predicted octanol–water partition coefficient (Wildman–Crippen LogP) is 2.53. The van der Waals surface area contributed by atoms with Crippen molar-refractivity contribution in [2.24, 2.45) is 0 Å². The average Bonchev–Trinajstić information content (AvgIpc) is 3.08. The zero-order chi connectivity index (χ0) is 17.7. The fourth-order valence-electron chi connectivity index (χ4n) is 3.26. The lowest BCUT2D eigenvalue weighted by atomic mass is 9.96. The summed E-state index contributed by atoms with van der Waals surface area (Å²) in [6.45, 7) is 0.886. The summed E-state index contributed by atoms with van der Waals surface area (Å²) in [7, 11) is -1.80. The van der Waals surface area contributed by atoms with Crippen LogP contribution in [-0.4, -0.2) is 35.6 Å². The molecule has 0 aliphatic heterocycles. The summed E-state index contributed by atoms with van der Waals surface area (Å²) in [6, 6.07) is 12.0. The molecular weight excluding hydrogens is 336 g/mol. The van der Waals surface area contributed by atoms with Crippen LogP contribution < -0.4 is 4.72 Å². The Balaban J connectivity index is 1.55. The molecule has 1 N–H and O–H groups in total. The van der Waals surface area contributed by atoms with Gasteiger partial charge in [-0.05, 0) is 24.5 Å². The van der Waals surface area contributed by atoms with Crippen LogP contribution in [0.15, 0.2) is 42.6 Å². The van der Waals surface area contributed by atoms with Crippen molar-refractivity contribution in [1.82, 2.24) is 18.8 Å². The molecule has 1 aromatic heterocycles.